The van der Waals surface area contributed by atoms with E-state index < -0.39 is 5.97 Å². The van der Waals surface area contributed by atoms with E-state index in [0.29, 0.717) is 11.8 Å². The second-order valence-electron chi connectivity index (χ2n) is 5.65. The Hall–Kier alpha value is -1.35. The summed E-state index contributed by atoms with van der Waals surface area (Å²) in [6.45, 7) is 2.16. The molecule has 1 aliphatic carbocycles. The van der Waals surface area contributed by atoms with Gasteiger partial charge in [0.15, 0.2) is 0 Å². The molecule has 0 bridgehead atoms. The lowest BCUT2D eigenvalue weighted by Gasteiger charge is -2.35. The molecule has 1 N–H and O–H groups in total. The van der Waals surface area contributed by atoms with Gasteiger partial charge in [-0.05, 0) is 43.0 Å². The number of hydrogen-bond donors (Lipinski definition) is 1. The smallest absolute Gasteiger partial charge is 0.303 e. The number of likely N-dealkylation sites (N-methyl/N-ethyl adjacent to an activating group) is 1. The van der Waals surface area contributed by atoms with Gasteiger partial charge in [-0.25, -0.2) is 0 Å². The van der Waals surface area contributed by atoms with Crippen LogP contribution in [0.2, 0.25) is 0 Å². The molecule has 1 aromatic rings. The molecule has 1 aliphatic heterocycles. The van der Waals surface area contributed by atoms with Gasteiger partial charge in [0, 0.05) is 12.5 Å². The third kappa shape index (κ3) is 1.83. The van der Waals surface area contributed by atoms with Crippen molar-refractivity contribution in [1.29, 1.82) is 0 Å². The van der Waals surface area contributed by atoms with Crippen LogP contribution in [0.5, 0.6) is 0 Å². The highest BCUT2D eigenvalue weighted by Crippen LogP contribution is 2.51. The minimum atomic E-state index is -0.672. The van der Waals surface area contributed by atoms with Crippen LogP contribution in [0.25, 0.3) is 0 Å². The van der Waals surface area contributed by atoms with Gasteiger partial charge in [0.2, 0.25) is 0 Å². The SMILES string of the molecule is CN1CCC2C(CC(=O)O)c3ccccc3C2C1. The summed E-state index contributed by atoms with van der Waals surface area (Å²) in [5.74, 6) is 0.603. The highest BCUT2D eigenvalue weighted by molar-refractivity contribution is 5.69. The first-order valence-corrected chi connectivity index (χ1v) is 6.66. The molecule has 96 valence electrons. The van der Waals surface area contributed by atoms with Gasteiger partial charge < -0.3 is 10.0 Å². The first kappa shape index (κ1) is 11.7. The van der Waals surface area contributed by atoms with Crippen LogP contribution in [-0.2, 0) is 4.79 Å². The lowest BCUT2D eigenvalue weighted by atomic mass is 9.80. The summed E-state index contributed by atoms with van der Waals surface area (Å²) in [6.07, 6.45) is 1.40. The van der Waals surface area contributed by atoms with E-state index in [4.69, 9.17) is 5.11 Å². The van der Waals surface area contributed by atoms with Crippen molar-refractivity contribution in [3.05, 3.63) is 35.4 Å². The zero-order chi connectivity index (χ0) is 12.7. The van der Waals surface area contributed by atoms with E-state index in [0.717, 1.165) is 19.5 Å². The number of likely N-dealkylation sites (tertiary alicyclic amines) is 1. The number of benzene rings is 1. The fraction of sp³-hybridized carbons (Fsp3) is 0.533. The molecule has 0 aromatic heterocycles. The van der Waals surface area contributed by atoms with E-state index in [1.165, 1.54) is 11.1 Å². The van der Waals surface area contributed by atoms with Gasteiger partial charge in [0.1, 0.15) is 0 Å². The lowest BCUT2D eigenvalue weighted by Crippen LogP contribution is -2.36. The molecule has 1 saturated heterocycles. The highest BCUT2D eigenvalue weighted by atomic mass is 16.4. The molecule has 3 nitrogen and oxygen atoms in total. The third-order valence-corrected chi connectivity index (χ3v) is 4.58. The van der Waals surface area contributed by atoms with E-state index in [9.17, 15) is 4.79 Å². The maximum absolute atomic E-state index is 11.1. The van der Waals surface area contributed by atoms with E-state index in [1.807, 2.05) is 6.07 Å². The summed E-state index contributed by atoms with van der Waals surface area (Å²) >= 11 is 0. The number of nitrogens with zero attached hydrogens (tertiary/aromatic N) is 1. The third-order valence-electron chi connectivity index (χ3n) is 4.58. The Balaban J connectivity index is 1.98. The van der Waals surface area contributed by atoms with Crippen LogP contribution in [0.4, 0.5) is 0 Å². The molecule has 0 spiro atoms. The van der Waals surface area contributed by atoms with Gasteiger partial charge in [0.05, 0.1) is 6.42 Å². The predicted octanol–water partition coefficient (Wildman–Crippen LogP) is 2.29. The van der Waals surface area contributed by atoms with E-state index in [-0.39, 0.29) is 12.3 Å². The molecule has 0 radical (unpaired) electrons. The van der Waals surface area contributed by atoms with Crippen molar-refractivity contribution < 1.29 is 9.90 Å². The average Bonchev–Trinajstić information content (AvgIpc) is 2.64. The Morgan fingerprint density at radius 1 is 1.39 bits per heavy atom. The Morgan fingerprint density at radius 2 is 2.11 bits per heavy atom. The second kappa shape index (κ2) is 4.39. The summed E-state index contributed by atoms with van der Waals surface area (Å²) in [5, 5.41) is 9.13. The minimum absolute atomic E-state index is 0.220. The Kier molecular flexibility index (Phi) is 2.86. The van der Waals surface area contributed by atoms with E-state index in [2.05, 4.69) is 30.1 Å². The van der Waals surface area contributed by atoms with Gasteiger partial charge in [-0.3, -0.25) is 4.79 Å². The largest absolute Gasteiger partial charge is 0.481 e. The van der Waals surface area contributed by atoms with Gasteiger partial charge >= 0.3 is 5.97 Å². The van der Waals surface area contributed by atoms with Crippen LogP contribution >= 0.6 is 0 Å². The average molecular weight is 245 g/mol. The van der Waals surface area contributed by atoms with E-state index in [1.54, 1.807) is 0 Å². The first-order chi connectivity index (χ1) is 8.66. The minimum Gasteiger partial charge on any atom is -0.481 e. The van der Waals surface area contributed by atoms with Crippen LogP contribution in [0.1, 0.15) is 35.8 Å². The molecule has 1 aromatic carbocycles. The quantitative estimate of drug-likeness (QED) is 0.869. The van der Waals surface area contributed by atoms with Crippen LogP contribution in [-0.4, -0.2) is 36.1 Å². The second-order valence-corrected chi connectivity index (χ2v) is 5.65. The van der Waals surface area contributed by atoms with Gasteiger partial charge in [-0.15, -0.1) is 0 Å². The van der Waals surface area contributed by atoms with Crippen molar-refractivity contribution in [2.75, 3.05) is 20.1 Å². The predicted molar refractivity (Wildman–Crippen MR) is 69.8 cm³/mol. The Labute approximate surface area is 107 Å². The fourth-order valence-electron chi connectivity index (χ4n) is 3.81. The monoisotopic (exact) mass is 245 g/mol. The van der Waals surface area contributed by atoms with Crippen molar-refractivity contribution in [2.45, 2.75) is 24.7 Å². The lowest BCUT2D eigenvalue weighted by molar-refractivity contribution is -0.137. The molecule has 2 aliphatic rings. The molecule has 18 heavy (non-hydrogen) atoms. The number of aliphatic carboxylic acids is 1. The number of fused-ring (bicyclic) bond motifs is 3. The summed E-state index contributed by atoms with van der Waals surface area (Å²) in [7, 11) is 2.16. The van der Waals surface area contributed by atoms with Crippen molar-refractivity contribution in [2.24, 2.45) is 5.92 Å². The Morgan fingerprint density at radius 3 is 2.83 bits per heavy atom. The maximum atomic E-state index is 11.1. The fourth-order valence-corrected chi connectivity index (χ4v) is 3.81. The number of carboxylic acid groups (broad SMARTS) is 1. The van der Waals surface area contributed by atoms with E-state index >= 15 is 0 Å². The number of rotatable bonds is 2. The Bertz CT molecular complexity index is 471. The summed E-state index contributed by atoms with van der Waals surface area (Å²) < 4.78 is 0. The molecule has 3 heteroatoms. The van der Waals surface area contributed by atoms with Crippen molar-refractivity contribution in [3.8, 4) is 0 Å². The number of hydrogen-bond acceptors (Lipinski definition) is 2. The molecular weight excluding hydrogens is 226 g/mol. The normalized spacial score (nSPS) is 30.8. The highest BCUT2D eigenvalue weighted by Gasteiger charge is 2.43. The van der Waals surface area contributed by atoms with Gasteiger partial charge in [-0.1, -0.05) is 24.3 Å². The summed E-state index contributed by atoms with van der Waals surface area (Å²) in [4.78, 5) is 13.5. The first-order valence-electron chi connectivity index (χ1n) is 6.66. The molecule has 0 amide bonds. The summed E-state index contributed by atoms with van der Waals surface area (Å²) in [5.41, 5.74) is 2.67. The topological polar surface area (TPSA) is 40.5 Å². The zero-order valence-electron chi connectivity index (χ0n) is 10.7. The maximum Gasteiger partial charge on any atom is 0.303 e. The van der Waals surface area contributed by atoms with Crippen molar-refractivity contribution >= 4 is 5.97 Å². The summed E-state index contributed by atoms with van der Waals surface area (Å²) in [6, 6.07) is 8.43. The van der Waals surface area contributed by atoms with Crippen LogP contribution in [0.3, 0.4) is 0 Å². The molecule has 0 saturated carbocycles. The van der Waals surface area contributed by atoms with Crippen LogP contribution in [0.15, 0.2) is 24.3 Å². The van der Waals surface area contributed by atoms with Gasteiger partial charge in [0.25, 0.3) is 0 Å². The zero-order valence-corrected chi connectivity index (χ0v) is 10.7. The van der Waals surface area contributed by atoms with Gasteiger partial charge in [-0.2, -0.15) is 0 Å². The standard InChI is InChI=1S/C15H19NO2/c1-16-7-6-12-13(8-15(17)18)10-4-2-3-5-11(10)14(12)9-16/h2-5,12-14H,6-9H2,1H3,(H,17,18). The number of piperidine rings is 1. The molecule has 3 unspecified atom stereocenters. The molecule has 3 atom stereocenters. The van der Waals surface area contributed by atoms with Crippen molar-refractivity contribution in [3.63, 3.8) is 0 Å². The molecule has 1 fully saturated rings. The number of carbonyl (C=O) groups is 1. The van der Waals surface area contributed by atoms with Crippen LogP contribution < -0.4 is 0 Å². The van der Waals surface area contributed by atoms with Crippen LogP contribution in [0, 0.1) is 5.92 Å². The molecular formula is C15H19NO2. The van der Waals surface area contributed by atoms with Crippen molar-refractivity contribution in [1.82, 2.24) is 4.90 Å². The number of carboxylic acids is 1. The molecule has 1 heterocycles. The molecule has 3 rings (SSSR count).